The Morgan fingerprint density at radius 2 is 2.11 bits per heavy atom. The van der Waals surface area contributed by atoms with E-state index in [4.69, 9.17) is 21.6 Å². The summed E-state index contributed by atoms with van der Waals surface area (Å²) < 4.78 is 6.67. The number of nitriles is 1. The van der Waals surface area contributed by atoms with E-state index in [1.807, 2.05) is 26.0 Å². The molecule has 0 radical (unpaired) electrons. The number of hydrogen-bond donors (Lipinski definition) is 1. The monoisotopic (exact) mass is 420 g/mol. The number of aromatic nitrogens is 2. The number of esters is 1. The standard InChI is InChI=1S/C19H21ClN4O3S/c1-12(2)10-24-18(20)17(13(3)23-24)19(26)27-11-16(25)22-14-6-4-5-7-15(14)28-9-8-21/h4-7,12H,9-11H2,1-3H3,(H,22,25). The summed E-state index contributed by atoms with van der Waals surface area (Å²) in [5.74, 6) is -0.605. The van der Waals surface area contributed by atoms with Crippen molar-refractivity contribution in [2.75, 3.05) is 17.7 Å². The molecule has 0 unspecified atom stereocenters. The molecule has 0 spiro atoms. The van der Waals surface area contributed by atoms with E-state index in [1.54, 1.807) is 29.8 Å². The summed E-state index contributed by atoms with van der Waals surface area (Å²) in [6.45, 7) is 5.82. The van der Waals surface area contributed by atoms with E-state index >= 15 is 0 Å². The normalized spacial score (nSPS) is 10.6. The summed E-state index contributed by atoms with van der Waals surface area (Å²) in [7, 11) is 0. The third-order valence-corrected chi connectivity index (χ3v) is 4.92. The molecule has 0 aliphatic heterocycles. The summed E-state index contributed by atoms with van der Waals surface area (Å²) in [4.78, 5) is 25.3. The lowest BCUT2D eigenvalue weighted by molar-refractivity contribution is -0.119. The molecular weight excluding hydrogens is 400 g/mol. The van der Waals surface area contributed by atoms with Gasteiger partial charge in [0.15, 0.2) is 6.61 Å². The molecular formula is C19H21ClN4O3S. The van der Waals surface area contributed by atoms with Crippen molar-refractivity contribution in [1.29, 1.82) is 5.26 Å². The molecule has 1 amide bonds. The van der Waals surface area contributed by atoms with Crippen LogP contribution < -0.4 is 5.32 Å². The van der Waals surface area contributed by atoms with Gasteiger partial charge in [-0.1, -0.05) is 37.6 Å². The van der Waals surface area contributed by atoms with E-state index in [1.165, 1.54) is 11.8 Å². The second kappa shape index (κ2) is 10.2. The molecule has 2 aromatic rings. The van der Waals surface area contributed by atoms with E-state index < -0.39 is 18.5 Å². The third-order valence-electron chi connectivity index (χ3n) is 3.60. The van der Waals surface area contributed by atoms with E-state index in [2.05, 4.69) is 10.4 Å². The van der Waals surface area contributed by atoms with Crippen molar-refractivity contribution in [2.24, 2.45) is 5.92 Å². The number of aryl methyl sites for hydroxylation is 1. The lowest BCUT2D eigenvalue weighted by atomic mass is 10.2. The molecule has 1 aromatic carbocycles. The third kappa shape index (κ3) is 5.75. The number of amides is 1. The Bertz CT molecular complexity index is 905. The first-order chi connectivity index (χ1) is 13.3. The predicted molar refractivity (Wildman–Crippen MR) is 109 cm³/mol. The summed E-state index contributed by atoms with van der Waals surface area (Å²) in [5.41, 5.74) is 1.18. The number of ether oxygens (including phenoxy) is 1. The number of nitrogens with one attached hydrogen (secondary N) is 1. The van der Waals surface area contributed by atoms with Gasteiger partial charge in [-0.15, -0.1) is 11.8 Å². The highest BCUT2D eigenvalue weighted by Crippen LogP contribution is 2.26. The highest BCUT2D eigenvalue weighted by molar-refractivity contribution is 7.99. The summed E-state index contributed by atoms with van der Waals surface area (Å²) in [6, 6.07) is 9.14. The van der Waals surface area contributed by atoms with Gasteiger partial charge < -0.3 is 10.1 Å². The van der Waals surface area contributed by atoms with Crippen molar-refractivity contribution in [3.63, 3.8) is 0 Å². The zero-order valence-corrected chi connectivity index (χ0v) is 17.4. The number of nitrogens with zero attached hydrogens (tertiary/aromatic N) is 3. The van der Waals surface area contributed by atoms with Crippen LogP contribution in [0.15, 0.2) is 29.2 Å². The number of carbonyl (C=O) groups is 2. The van der Waals surface area contributed by atoms with Crippen LogP contribution in [0.4, 0.5) is 5.69 Å². The van der Waals surface area contributed by atoms with Gasteiger partial charge in [-0.25, -0.2) is 4.79 Å². The molecule has 0 bridgehead atoms. The van der Waals surface area contributed by atoms with Crippen LogP contribution in [0.5, 0.6) is 0 Å². The van der Waals surface area contributed by atoms with E-state index in [-0.39, 0.29) is 16.5 Å². The number of anilines is 1. The van der Waals surface area contributed by atoms with Gasteiger partial charge in [0.2, 0.25) is 0 Å². The second-order valence-electron chi connectivity index (χ2n) is 6.39. The van der Waals surface area contributed by atoms with Crippen molar-refractivity contribution in [2.45, 2.75) is 32.2 Å². The van der Waals surface area contributed by atoms with Crippen LogP contribution in [0.1, 0.15) is 29.9 Å². The number of rotatable bonds is 8. The van der Waals surface area contributed by atoms with Crippen LogP contribution in [-0.4, -0.2) is 34.0 Å². The van der Waals surface area contributed by atoms with Crippen molar-refractivity contribution in [1.82, 2.24) is 9.78 Å². The maximum absolute atomic E-state index is 12.4. The Hall–Kier alpha value is -2.50. The molecule has 1 aromatic heterocycles. The molecule has 0 fully saturated rings. The number of carbonyl (C=O) groups excluding carboxylic acids is 2. The quantitative estimate of drug-likeness (QED) is 0.513. The maximum atomic E-state index is 12.4. The fraction of sp³-hybridized carbons (Fsp3) is 0.368. The Labute approximate surface area is 173 Å². The van der Waals surface area contributed by atoms with E-state index in [0.29, 0.717) is 23.8 Å². The van der Waals surface area contributed by atoms with Gasteiger partial charge in [0.1, 0.15) is 10.7 Å². The van der Waals surface area contributed by atoms with Gasteiger partial charge >= 0.3 is 5.97 Å². The predicted octanol–water partition coefficient (Wildman–Crippen LogP) is 3.91. The first kappa shape index (κ1) is 21.8. The van der Waals surface area contributed by atoms with Gasteiger partial charge in [-0.2, -0.15) is 10.4 Å². The molecule has 1 N–H and O–H groups in total. The number of thioether (sulfide) groups is 1. The minimum absolute atomic E-state index is 0.167. The smallest absolute Gasteiger partial charge is 0.343 e. The molecule has 0 saturated carbocycles. The molecule has 2 rings (SSSR count). The van der Waals surface area contributed by atoms with Gasteiger partial charge in [0.25, 0.3) is 5.91 Å². The molecule has 28 heavy (non-hydrogen) atoms. The average molecular weight is 421 g/mol. The van der Waals surface area contributed by atoms with Crippen LogP contribution >= 0.6 is 23.4 Å². The minimum atomic E-state index is -0.695. The SMILES string of the molecule is Cc1nn(CC(C)C)c(Cl)c1C(=O)OCC(=O)Nc1ccccc1SCC#N. The van der Waals surface area contributed by atoms with Crippen LogP contribution in [0, 0.1) is 24.2 Å². The average Bonchev–Trinajstić information content (AvgIpc) is 2.91. The Morgan fingerprint density at radius 3 is 2.79 bits per heavy atom. The summed E-state index contributed by atoms with van der Waals surface area (Å²) >= 11 is 7.56. The van der Waals surface area contributed by atoms with E-state index in [0.717, 1.165) is 4.90 Å². The number of halogens is 1. The fourth-order valence-corrected chi connectivity index (χ4v) is 3.44. The molecule has 0 aliphatic carbocycles. The Balaban J connectivity index is 2.00. The van der Waals surface area contributed by atoms with Crippen molar-refractivity contribution in [3.05, 3.63) is 40.7 Å². The number of hydrogen-bond acceptors (Lipinski definition) is 6. The highest BCUT2D eigenvalue weighted by atomic mass is 35.5. The van der Waals surface area contributed by atoms with Crippen LogP contribution in [0.25, 0.3) is 0 Å². The zero-order valence-electron chi connectivity index (χ0n) is 15.9. The molecule has 7 nitrogen and oxygen atoms in total. The second-order valence-corrected chi connectivity index (χ2v) is 7.77. The maximum Gasteiger partial charge on any atom is 0.343 e. The topological polar surface area (TPSA) is 97.0 Å². The first-order valence-electron chi connectivity index (χ1n) is 8.62. The molecule has 0 aliphatic rings. The van der Waals surface area contributed by atoms with Crippen molar-refractivity contribution >= 4 is 40.9 Å². The molecule has 9 heteroatoms. The zero-order chi connectivity index (χ0) is 20.7. The number of para-hydroxylation sites is 1. The summed E-state index contributed by atoms with van der Waals surface area (Å²) in [6.07, 6.45) is 0. The highest BCUT2D eigenvalue weighted by Gasteiger charge is 2.23. The van der Waals surface area contributed by atoms with Gasteiger partial charge in [-0.3, -0.25) is 9.48 Å². The lowest BCUT2D eigenvalue weighted by Crippen LogP contribution is -2.21. The van der Waals surface area contributed by atoms with Crippen LogP contribution in [0.3, 0.4) is 0 Å². The Kier molecular flexibility index (Phi) is 7.91. The van der Waals surface area contributed by atoms with Crippen LogP contribution in [0.2, 0.25) is 5.15 Å². The number of benzene rings is 1. The van der Waals surface area contributed by atoms with Crippen LogP contribution in [-0.2, 0) is 16.1 Å². The van der Waals surface area contributed by atoms with Crippen molar-refractivity contribution < 1.29 is 14.3 Å². The van der Waals surface area contributed by atoms with E-state index in [9.17, 15) is 9.59 Å². The summed E-state index contributed by atoms with van der Waals surface area (Å²) in [5, 5.41) is 15.9. The molecule has 1 heterocycles. The van der Waals surface area contributed by atoms with Gasteiger partial charge in [0, 0.05) is 11.4 Å². The molecule has 148 valence electrons. The van der Waals surface area contributed by atoms with Crippen molar-refractivity contribution in [3.8, 4) is 6.07 Å². The first-order valence-corrected chi connectivity index (χ1v) is 9.98. The fourth-order valence-electron chi connectivity index (χ4n) is 2.45. The van der Waals surface area contributed by atoms with Gasteiger partial charge in [-0.05, 0) is 25.0 Å². The largest absolute Gasteiger partial charge is 0.452 e. The minimum Gasteiger partial charge on any atom is -0.452 e. The van der Waals surface area contributed by atoms with Gasteiger partial charge in [0.05, 0.1) is 23.2 Å². The Morgan fingerprint density at radius 1 is 1.39 bits per heavy atom. The molecule has 0 saturated heterocycles. The lowest BCUT2D eigenvalue weighted by Gasteiger charge is -2.10. The molecule has 0 atom stereocenters.